The molecule has 0 aliphatic carbocycles. The molecule has 7 nitrogen and oxygen atoms in total. The van der Waals surface area contributed by atoms with Crippen molar-refractivity contribution in [2.45, 2.75) is 38.3 Å². The zero-order valence-corrected chi connectivity index (χ0v) is 23.1. The van der Waals surface area contributed by atoms with Crippen molar-refractivity contribution >= 4 is 50.7 Å². The first-order valence-corrected chi connectivity index (χ1v) is 13.9. The second-order valence-electron chi connectivity index (χ2n) is 8.50. The Kier molecular flexibility index (Phi) is 9.59. The maximum Gasteiger partial charge on any atom is 0.264 e. The highest BCUT2D eigenvalue weighted by molar-refractivity contribution is 7.92. The average Bonchev–Trinajstić information content (AvgIpc) is 2.87. The Morgan fingerprint density at radius 2 is 1.62 bits per heavy atom. The third kappa shape index (κ3) is 7.03. The molecule has 0 fully saturated rings. The van der Waals surface area contributed by atoms with Gasteiger partial charge in [-0.3, -0.25) is 13.9 Å². The number of anilines is 1. The molecule has 0 aliphatic rings. The molecule has 3 aromatic carbocycles. The summed E-state index contributed by atoms with van der Waals surface area (Å²) in [5, 5.41) is 3.12. The van der Waals surface area contributed by atoms with Crippen molar-refractivity contribution in [1.29, 1.82) is 0 Å². The van der Waals surface area contributed by atoms with Crippen LogP contribution < -0.4 is 9.62 Å². The molecule has 0 saturated heterocycles. The van der Waals surface area contributed by atoms with Gasteiger partial charge in [0.25, 0.3) is 10.0 Å². The molecule has 1 N–H and O–H groups in total. The number of benzene rings is 3. The molecule has 37 heavy (non-hydrogen) atoms. The fraction of sp³-hybridized carbons (Fsp3) is 0.259. The van der Waals surface area contributed by atoms with Crippen LogP contribution in [0, 0.1) is 6.92 Å². The van der Waals surface area contributed by atoms with E-state index in [1.807, 2.05) is 31.2 Å². The van der Waals surface area contributed by atoms with E-state index in [2.05, 4.69) is 5.32 Å². The Hall–Kier alpha value is -3.07. The van der Waals surface area contributed by atoms with E-state index in [1.165, 1.54) is 35.2 Å². The predicted molar refractivity (Wildman–Crippen MR) is 147 cm³/mol. The Bertz CT molecular complexity index is 1350. The summed E-state index contributed by atoms with van der Waals surface area (Å²) in [6.45, 7) is 5.28. The topological polar surface area (TPSA) is 86.8 Å². The fourth-order valence-electron chi connectivity index (χ4n) is 3.71. The van der Waals surface area contributed by atoms with E-state index in [-0.39, 0.29) is 28.1 Å². The molecule has 0 aromatic heterocycles. The van der Waals surface area contributed by atoms with Gasteiger partial charge in [0, 0.05) is 18.1 Å². The smallest absolute Gasteiger partial charge is 0.264 e. The Morgan fingerprint density at radius 3 is 2.22 bits per heavy atom. The van der Waals surface area contributed by atoms with Crippen LogP contribution in [0.3, 0.4) is 0 Å². The van der Waals surface area contributed by atoms with Crippen molar-refractivity contribution in [3.8, 4) is 0 Å². The molecule has 196 valence electrons. The van der Waals surface area contributed by atoms with Gasteiger partial charge in [-0.25, -0.2) is 8.42 Å². The van der Waals surface area contributed by atoms with Crippen molar-refractivity contribution in [1.82, 2.24) is 10.2 Å². The lowest BCUT2D eigenvalue weighted by atomic mass is 10.1. The van der Waals surface area contributed by atoms with Gasteiger partial charge in [-0.15, -0.1) is 0 Å². The summed E-state index contributed by atoms with van der Waals surface area (Å²) >= 11 is 12.4. The van der Waals surface area contributed by atoms with Gasteiger partial charge < -0.3 is 10.2 Å². The lowest BCUT2D eigenvalue weighted by Gasteiger charge is -2.32. The number of carbonyl (C=O) groups excluding carboxylic acids is 2. The van der Waals surface area contributed by atoms with Crippen LogP contribution in [-0.4, -0.2) is 44.3 Å². The first kappa shape index (κ1) is 28.5. The van der Waals surface area contributed by atoms with Gasteiger partial charge in [-0.1, -0.05) is 71.2 Å². The maximum atomic E-state index is 13.8. The van der Waals surface area contributed by atoms with Crippen LogP contribution in [0.25, 0.3) is 0 Å². The minimum atomic E-state index is -4.19. The normalized spacial score (nSPS) is 12.0. The lowest BCUT2D eigenvalue weighted by Crippen LogP contribution is -2.51. The molecule has 0 radical (unpaired) electrons. The zero-order valence-electron chi connectivity index (χ0n) is 20.8. The van der Waals surface area contributed by atoms with Crippen LogP contribution in [0.5, 0.6) is 0 Å². The third-order valence-electron chi connectivity index (χ3n) is 5.78. The zero-order chi connectivity index (χ0) is 27.2. The molecule has 2 amide bonds. The summed E-state index contributed by atoms with van der Waals surface area (Å²) in [4.78, 5) is 27.9. The summed E-state index contributed by atoms with van der Waals surface area (Å²) in [5.74, 6) is -0.908. The minimum Gasteiger partial charge on any atom is -0.355 e. The van der Waals surface area contributed by atoms with E-state index in [4.69, 9.17) is 23.2 Å². The highest BCUT2D eigenvalue weighted by atomic mass is 35.5. The Morgan fingerprint density at radius 1 is 0.973 bits per heavy atom. The van der Waals surface area contributed by atoms with Gasteiger partial charge in [-0.2, -0.15) is 0 Å². The number of sulfonamides is 1. The number of nitrogens with one attached hydrogen (secondary N) is 1. The number of hydrogen-bond acceptors (Lipinski definition) is 4. The van der Waals surface area contributed by atoms with Crippen molar-refractivity contribution in [3.05, 3.63) is 94.0 Å². The highest BCUT2D eigenvalue weighted by Gasteiger charge is 2.33. The minimum absolute atomic E-state index is 0.00400. The van der Waals surface area contributed by atoms with E-state index in [0.717, 1.165) is 15.4 Å². The van der Waals surface area contributed by atoms with Crippen molar-refractivity contribution in [3.63, 3.8) is 0 Å². The summed E-state index contributed by atoms with van der Waals surface area (Å²) in [5.41, 5.74) is 1.96. The Balaban J connectivity index is 2.04. The monoisotopic (exact) mass is 561 g/mol. The largest absolute Gasteiger partial charge is 0.355 e. The van der Waals surface area contributed by atoms with Crippen LogP contribution in [0.1, 0.15) is 25.0 Å². The molecular formula is C27H29Cl2N3O4S. The highest BCUT2D eigenvalue weighted by Crippen LogP contribution is 2.33. The molecule has 1 atom stereocenters. The standard InChI is InChI=1S/C27H29Cl2N3O4S/c1-4-30-27(34)20(3)31(17-21-12-10-19(2)11-13-21)26(33)18-32(25-15-14-22(28)16-24(25)29)37(35,36)23-8-6-5-7-9-23/h5-16,20H,4,17-18H2,1-3H3,(H,30,34). The van der Waals surface area contributed by atoms with E-state index in [0.29, 0.717) is 11.6 Å². The van der Waals surface area contributed by atoms with Crippen LogP contribution >= 0.6 is 23.2 Å². The Labute approximate surface area is 228 Å². The molecule has 1 unspecified atom stereocenters. The van der Waals surface area contributed by atoms with Crippen LogP contribution in [0.15, 0.2) is 77.7 Å². The van der Waals surface area contributed by atoms with E-state index in [1.54, 1.807) is 32.0 Å². The number of halogens is 2. The van der Waals surface area contributed by atoms with E-state index < -0.39 is 28.5 Å². The number of nitrogens with zero attached hydrogens (tertiary/aromatic N) is 2. The summed E-state index contributed by atoms with van der Waals surface area (Å²) in [6.07, 6.45) is 0. The number of amides is 2. The van der Waals surface area contributed by atoms with Gasteiger partial charge in [0.05, 0.1) is 15.6 Å². The van der Waals surface area contributed by atoms with Gasteiger partial charge >= 0.3 is 0 Å². The van der Waals surface area contributed by atoms with Crippen molar-refractivity contribution in [2.24, 2.45) is 0 Å². The van der Waals surface area contributed by atoms with Crippen LogP contribution in [0.2, 0.25) is 10.0 Å². The number of aryl methyl sites for hydroxylation is 1. The van der Waals surface area contributed by atoms with Gasteiger partial charge in [0.1, 0.15) is 12.6 Å². The molecular weight excluding hydrogens is 533 g/mol. The van der Waals surface area contributed by atoms with Crippen LogP contribution in [0.4, 0.5) is 5.69 Å². The third-order valence-corrected chi connectivity index (χ3v) is 8.09. The van der Waals surface area contributed by atoms with Gasteiger partial charge in [0.15, 0.2) is 0 Å². The van der Waals surface area contributed by atoms with Gasteiger partial charge in [0.2, 0.25) is 11.8 Å². The number of likely N-dealkylation sites (N-methyl/N-ethyl adjacent to an activating group) is 1. The second kappa shape index (κ2) is 12.4. The van der Waals surface area contributed by atoms with Gasteiger partial charge in [-0.05, 0) is 56.7 Å². The fourth-order valence-corrected chi connectivity index (χ4v) is 5.73. The quantitative estimate of drug-likeness (QED) is 0.375. The first-order chi connectivity index (χ1) is 17.5. The molecule has 0 spiro atoms. The molecule has 0 aliphatic heterocycles. The summed E-state index contributed by atoms with van der Waals surface area (Å²) < 4.78 is 28.4. The number of rotatable bonds is 10. The molecule has 10 heteroatoms. The molecule has 0 heterocycles. The summed E-state index contributed by atoms with van der Waals surface area (Å²) in [7, 11) is -4.19. The van der Waals surface area contributed by atoms with E-state index >= 15 is 0 Å². The first-order valence-electron chi connectivity index (χ1n) is 11.7. The maximum absolute atomic E-state index is 13.8. The number of carbonyl (C=O) groups is 2. The predicted octanol–water partition coefficient (Wildman–Crippen LogP) is 5.05. The summed E-state index contributed by atoms with van der Waals surface area (Å²) in [6, 6.07) is 18.9. The molecule has 3 rings (SSSR count). The molecule has 3 aromatic rings. The van der Waals surface area contributed by atoms with Crippen molar-refractivity contribution < 1.29 is 18.0 Å². The van der Waals surface area contributed by atoms with Crippen LogP contribution in [-0.2, 0) is 26.2 Å². The second-order valence-corrected chi connectivity index (χ2v) is 11.2. The van der Waals surface area contributed by atoms with E-state index in [9.17, 15) is 18.0 Å². The lowest BCUT2D eigenvalue weighted by molar-refractivity contribution is -0.139. The number of hydrogen-bond donors (Lipinski definition) is 1. The molecule has 0 bridgehead atoms. The van der Waals surface area contributed by atoms with Crippen molar-refractivity contribution in [2.75, 3.05) is 17.4 Å². The average molecular weight is 563 g/mol. The molecule has 0 saturated carbocycles. The SMILES string of the molecule is CCNC(=O)C(C)N(Cc1ccc(C)cc1)C(=O)CN(c1ccc(Cl)cc1Cl)S(=O)(=O)c1ccccc1.